The van der Waals surface area contributed by atoms with E-state index in [1.165, 1.54) is 46.3 Å². The van der Waals surface area contributed by atoms with Crippen LogP contribution in [-0.4, -0.2) is 20.2 Å². The topological polar surface area (TPSA) is 0 Å². The first kappa shape index (κ1) is 14.5. The molecule has 3 aliphatic carbocycles. The molecule has 0 spiro atoms. The third-order valence-electron chi connectivity index (χ3n) is 5.53. The molecule has 2 fully saturated rings. The van der Waals surface area contributed by atoms with Gasteiger partial charge < -0.3 is 0 Å². The van der Waals surface area contributed by atoms with Crippen LogP contribution in [-0.2, 0) is 0 Å². The summed E-state index contributed by atoms with van der Waals surface area (Å²) in [7, 11) is 0. The van der Waals surface area contributed by atoms with Gasteiger partial charge in [-0.15, -0.1) is 0 Å². The summed E-state index contributed by atoms with van der Waals surface area (Å²) in [5.41, 5.74) is 0. The predicted molar refractivity (Wildman–Crippen MR) is 86.0 cm³/mol. The van der Waals surface area contributed by atoms with Crippen LogP contribution in [0.5, 0.6) is 0 Å². The van der Waals surface area contributed by atoms with Crippen LogP contribution in [0.3, 0.4) is 0 Å². The zero-order chi connectivity index (χ0) is 12.9. The summed E-state index contributed by atoms with van der Waals surface area (Å²) in [5, 5.41) is 0. The average Bonchev–Trinajstić information content (AvgIpc) is 2.51. The van der Waals surface area contributed by atoms with Gasteiger partial charge in [0, 0.05) is 0 Å². The van der Waals surface area contributed by atoms with Gasteiger partial charge in [0.05, 0.1) is 0 Å². The Morgan fingerprint density at radius 3 is 1.74 bits per heavy atom. The molecule has 0 aromatic heterocycles. The SMILES string of the molecule is C1=[C]([Sb]([CH]2CCCCC2)[CH]2CCCCC2)CCCC1. The molecule has 0 amide bonds. The fraction of sp³-hybridized carbons (Fsp3) is 0.889. The van der Waals surface area contributed by atoms with Gasteiger partial charge in [-0.25, -0.2) is 0 Å². The van der Waals surface area contributed by atoms with E-state index in [1.54, 1.807) is 51.4 Å². The summed E-state index contributed by atoms with van der Waals surface area (Å²) in [6.45, 7) is 0. The van der Waals surface area contributed by atoms with Crippen LogP contribution in [0.25, 0.3) is 0 Å². The standard InChI is InChI=1S/2C6H11.C6H9.Sb/c3*1-2-4-6-5-3-1;/h2*1H,2-6H2;1H,2,4-6H2;. The van der Waals surface area contributed by atoms with Gasteiger partial charge in [-0.05, 0) is 0 Å². The first-order chi connectivity index (χ1) is 9.45. The Balaban J connectivity index is 1.74. The zero-order valence-electron chi connectivity index (χ0n) is 12.6. The van der Waals surface area contributed by atoms with Gasteiger partial charge in [0.1, 0.15) is 0 Å². The van der Waals surface area contributed by atoms with Crippen LogP contribution in [0.2, 0.25) is 7.73 Å². The predicted octanol–water partition coefficient (Wildman–Crippen LogP) is 6.19. The Kier molecular flexibility index (Phi) is 5.75. The van der Waals surface area contributed by atoms with Crippen molar-refractivity contribution < 1.29 is 0 Å². The van der Waals surface area contributed by atoms with E-state index in [-0.39, 0.29) is 0 Å². The molecule has 0 heterocycles. The molecule has 0 nitrogen and oxygen atoms in total. The molecule has 1 heteroatoms. The maximum atomic E-state index is 2.75. The van der Waals surface area contributed by atoms with Crippen LogP contribution in [0, 0.1) is 0 Å². The Morgan fingerprint density at radius 2 is 1.26 bits per heavy atom. The molecule has 108 valence electrons. The summed E-state index contributed by atoms with van der Waals surface area (Å²) in [4.78, 5) is 0. The Morgan fingerprint density at radius 1 is 0.684 bits per heavy atom. The molecule has 0 radical (unpaired) electrons. The Labute approximate surface area is 127 Å². The monoisotopic (exact) mass is 368 g/mol. The molecule has 0 atom stereocenters. The molecular formula is C18H31Sb. The summed E-state index contributed by atoms with van der Waals surface area (Å²) >= 11 is -1.13. The van der Waals surface area contributed by atoms with Gasteiger partial charge >= 0.3 is 127 Å². The molecule has 0 aromatic rings. The van der Waals surface area contributed by atoms with Crippen molar-refractivity contribution in [1.29, 1.82) is 0 Å². The fourth-order valence-electron chi connectivity index (χ4n) is 4.54. The first-order valence-corrected chi connectivity index (χ1v) is 13.1. The third kappa shape index (κ3) is 3.81. The zero-order valence-corrected chi connectivity index (χ0v) is 15.1. The number of hydrogen-bond donors (Lipinski definition) is 0. The molecule has 2 saturated carbocycles. The molecule has 19 heavy (non-hydrogen) atoms. The Bertz CT molecular complexity index is 277. The number of allylic oxidation sites excluding steroid dienone is 2. The molecule has 3 aliphatic rings. The molecule has 0 bridgehead atoms. The minimum atomic E-state index is -1.13. The van der Waals surface area contributed by atoms with E-state index < -0.39 is 20.2 Å². The molecule has 0 unspecified atom stereocenters. The van der Waals surface area contributed by atoms with Crippen molar-refractivity contribution in [2.45, 2.75) is 97.6 Å². The summed E-state index contributed by atoms with van der Waals surface area (Å²) in [6.07, 6.45) is 24.5. The normalized spacial score (nSPS) is 27.5. The van der Waals surface area contributed by atoms with Crippen molar-refractivity contribution >= 4 is 20.2 Å². The quantitative estimate of drug-likeness (QED) is 0.521. The molecule has 0 aliphatic heterocycles. The van der Waals surface area contributed by atoms with Crippen LogP contribution < -0.4 is 0 Å². The van der Waals surface area contributed by atoms with E-state index in [4.69, 9.17) is 0 Å². The summed E-state index contributed by atoms with van der Waals surface area (Å²) in [6, 6.07) is 0. The first-order valence-electron chi connectivity index (χ1n) is 8.92. The molecule has 0 aromatic carbocycles. The van der Waals surface area contributed by atoms with Gasteiger partial charge in [0.2, 0.25) is 0 Å². The third-order valence-corrected chi connectivity index (χ3v) is 16.0. The second-order valence-electron chi connectivity index (χ2n) is 6.93. The summed E-state index contributed by atoms with van der Waals surface area (Å²) < 4.78 is 4.57. The number of rotatable bonds is 3. The average molecular weight is 369 g/mol. The van der Waals surface area contributed by atoms with Crippen LogP contribution in [0.1, 0.15) is 89.9 Å². The van der Waals surface area contributed by atoms with E-state index in [1.807, 2.05) is 0 Å². The van der Waals surface area contributed by atoms with Gasteiger partial charge in [0.25, 0.3) is 0 Å². The van der Waals surface area contributed by atoms with Gasteiger partial charge in [-0.3, -0.25) is 0 Å². The van der Waals surface area contributed by atoms with Crippen molar-refractivity contribution in [3.8, 4) is 0 Å². The van der Waals surface area contributed by atoms with Gasteiger partial charge in [-0.1, -0.05) is 0 Å². The van der Waals surface area contributed by atoms with Gasteiger partial charge in [-0.2, -0.15) is 0 Å². The van der Waals surface area contributed by atoms with E-state index in [9.17, 15) is 0 Å². The fourth-order valence-corrected chi connectivity index (χ4v) is 16.3. The Hall–Kier alpha value is 0.558. The van der Waals surface area contributed by atoms with Crippen molar-refractivity contribution in [2.75, 3.05) is 0 Å². The molecule has 0 N–H and O–H groups in total. The van der Waals surface area contributed by atoms with Crippen molar-refractivity contribution in [2.24, 2.45) is 0 Å². The summed E-state index contributed by atoms with van der Waals surface area (Å²) in [5.74, 6) is 0. The second kappa shape index (κ2) is 7.53. The van der Waals surface area contributed by atoms with E-state index in [2.05, 4.69) is 9.60 Å². The minimum absolute atomic E-state index is 1.13. The van der Waals surface area contributed by atoms with Crippen molar-refractivity contribution in [1.82, 2.24) is 0 Å². The van der Waals surface area contributed by atoms with Crippen molar-refractivity contribution in [3.05, 3.63) is 9.60 Å². The van der Waals surface area contributed by atoms with Crippen molar-refractivity contribution in [3.63, 3.8) is 0 Å². The molecule has 0 saturated heterocycles. The molecular weight excluding hydrogens is 338 g/mol. The maximum absolute atomic E-state index is 2.75. The van der Waals surface area contributed by atoms with Crippen LogP contribution in [0.15, 0.2) is 9.60 Å². The molecule has 3 rings (SSSR count). The van der Waals surface area contributed by atoms with Gasteiger partial charge in [0.15, 0.2) is 0 Å². The van der Waals surface area contributed by atoms with Crippen LogP contribution >= 0.6 is 0 Å². The van der Waals surface area contributed by atoms with Crippen LogP contribution in [0.4, 0.5) is 0 Å². The van der Waals surface area contributed by atoms with E-state index in [0.717, 1.165) is 0 Å². The second-order valence-corrected chi connectivity index (χ2v) is 15.1. The van der Waals surface area contributed by atoms with E-state index >= 15 is 0 Å². The van der Waals surface area contributed by atoms with E-state index in [0.29, 0.717) is 0 Å². The number of hydrogen-bond acceptors (Lipinski definition) is 0.